The Bertz CT molecular complexity index is 910. The zero-order valence-electron chi connectivity index (χ0n) is 16.7. The van der Waals surface area contributed by atoms with Crippen LogP contribution >= 0.6 is 0 Å². The number of aromatic nitrogens is 4. The maximum atomic E-state index is 13.3. The monoisotopic (exact) mass is 367 g/mol. The lowest BCUT2D eigenvalue weighted by Gasteiger charge is -2.25. The van der Waals surface area contributed by atoms with Gasteiger partial charge in [0.2, 0.25) is 5.91 Å². The van der Waals surface area contributed by atoms with Crippen molar-refractivity contribution >= 4 is 16.9 Å². The van der Waals surface area contributed by atoms with Gasteiger partial charge in [0, 0.05) is 38.3 Å². The molecule has 1 amide bonds. The van der Waals surface area contributed by atoms with Crippen LogP contribution in [0.25, 0.3) is 11.0 Å². The highest BCUT2D eigenvalue weighted by Gasteiger charge is 2.26. The number of aryl methyl sites for hydroxylation is 2. The average molecular weight is 367 g/mol. The molecular formula is C21H29N5O. The minimum atomic E-state index is -0.245. The molecule has 1 aromatic carbocycles. The van der Waals surface area contributed by atoms with E-state index in [4.69, 9.17) is 4.98 Å². The topological polar surface area (TPSA) is 56.0 Å². The molecule has 0 saturated carbocycles. The summed E-state index contributed by atoms with van der Waals surface area (Å²) in [6.07, 6.45) is 6.43. The second-order valence-electron chi connectivity index (χ2n) is 6.96. The van der Waals surface area contributed by atoms with Crippen LogP contribution in [0, 0.1) is 0 Å². The fourth-order valence-corrected chi connectivity index (χ4v) is 3.58. The van der Waals surface area contributed by atoms with Crippen LogP contribution in [0.3, 0.4) is 0 Å². The summed E-state index contributed by atoms with van der Waals surface area (Å²) >= 11 is 0. The van der Waals surface area contributed by atoms with Crippen molar-refractivity contribution in [2.24, 2.45) is 0 Å². The Morgan fingerprint density at radius 1 is 1.22 bits per heavy atom. The molecule has 0 fully saturated rings. The molecule has 6 nitrogen and oxygen atoms in total. The largest absolute Gasteiger partial charge is 0.340 e. The van der Waals surface area contributed by atoms with Crippen LogP contribution in [0.15, 0.2) is 36.7 Å². The summed E-state index contributed by atoms with van der Waals surface area (Å²) in [6.45, 7) is 7.65. The van der Waals surface area contributed by atoms with E-state index in [0.29, 0.717) is 6.54 Å². The second kappa shape index (κ2) is 8.37. The number of carbonyl (C=O) groups excluding carboxylic acids is 1. The molecule has 0 spiro atoms. The molecule has 27 heavy (non-hydrogen) atoms. The molecule has 2 heterocycles. The van der Waals surface area contributed by atoms with E-state index in [9.17, 15) is 4.79 Å². The van der Waals surface area contributed by atoms with E-state index < -0.39 is 0 Å². The molecule has 144 valence electrons. The van der Waals surface area contributed by atoms with Crippen molar-refractivity contribution < 1.29 is 4.79 Å². The first-order chi connectivity index (χ1) is 13.1. The highest BCUT2D eigenvalue weighted by molar-refractivity contribution is 5.84. The van der Waals surface area contributed by atoms with Gasteiger partial charge in [-0.25, -0.2) is 4.98 Å². The number of rotatable bonds is 8. The minimum Gasteiger partial charge on any atom is -0.340 e. The summed E-state index contributed by atoms with van der Waals surface area (Å²) in [5.74, 6) is 1.10. The smallest absolute Gasteiger partial charge is 0.245 e. The van der Waals surface area contributed by atoms with E-state index >= 15 is 0 Å². The maximum absolute atomic E-state index is 13.3. The molecule has 0 N–H and O–H groups in total. The van der Waals surface area contributed by atoms with Gasteiger partial charge < -0.3 is 9.47 Å². The van der Waals surface area contributed by atoms with Crippen molar-refractivity contribution in [3.05, 3.63) is 48.0 Å². The van der Waals surface area contributed by atoms with Crippen LogP contribution in [0.5, 0.6) is 0 Å². The van der Waals surface area contributed by atoms with Crippen molar-refractivity contribution in [2.45, 2.75) is 59.2 Å². The van der Waals surface area contributed by atoms with Gasteiger partial charge in [-0.05, 0) is 31.9 Å². The Balaban J connectivity index is 1.90. The SMILES string of the molecule is CCCc1nc2ccccc2n1[C@@H](CC)C(=O)N(C)Cc1cnn(CC)c1. The van der Waals surface area contributed by atoms with Crippen LogP contribution in [0.2, 0.25) is 0 Å². The Kier molecular flexibility index (Phi) is 5.94. The standard InChI is InChI=1S/C21H29N5O/c1-5-10-20-23-17-11-8-9-12-19(17)26(20)18(6-2)21(27)24(4)14-16-13-22-25(7-3)15-16/h8-9,11-13,15,18H,5-7,10,14H2,1-4H3/t18-/m0/s1. The summed E-state index contributed by atoms with van der Waals surface area (Å²) in [6, 6.07) is 7.84. The van der Waals surface area contributed by atoms with E-state index in [2.05, 4.69) is 36.5 Å². The number of nitrogens with zero attached hydrogens (tertiary/aromatic N) is 5. The summed E-state index contributed by atoms with van der Waals surface area (Å²) < 4.78 is 4.03. The fourth-order valence-electron chi connectivity index (χ4n) is 3.58. The van der Waals surface area contributed by atoms with Crippen LogP contribution in [-0.4, -0.2) is 37.2 Å². The third-order valence-corrected chi connectivity index (χ3v) is 4.93. The molecule has 0 bridgehead atoms. The molecule has 3 aromatic rings. The Morgan fingerprint density at radius 2 is 2.00 bits per heavy atom. The molecule has 0 aliphatic rings. The zero-order valence-corrected chi connectivity index (χ0v) is 16.7. The Labute approximate surface area is 160 Å². The Hall–Kier alpha value is -2.63. The van der Waals surface area contributed by atoms with Gasteiger partial charge in [-0.3, -0.25) is 9.48 Å². The van der Waals surface area contributed by atoms with Gasteiger partial charge in [-0.15, -0.1) is 0 Å². The van der Waals surface area contributed by atoms with Crippen molar-refractivity contribution in [1.82, 2.24) is 24.2 Å². The molecule has 0 radical (unpaired) electrons. The van der Waals surface area contributed by atoms with E-state index in [1.165, 1.54) is 0 Å². The Morgan fingerprint density at radius 3 is 2.67 bits per heavy atom. The van der Waals surface area contributed by atoms with Crippen LogP contribution in [-0.2, 0) is 24.3 Å². The van der Waals surface area contributed by atoms with Gasteiger partial charge in [0.05, 0.1) is 17.2 Å². The van der Waals surface area contributed by atoms with Crippen molar-refractivity contribution in [2.75, 3.05) is 7.05 Å². The van der Waals surface area contributed by atoms with Crippen LogP contribution in [0.1, 0.15) is 51.0 Å². The molecule has 0 unspecified atom stereocenters. The number of imidazole rings is 1. The fraction of sp³-hybridized carbons (Fsp3) is 0.476. The van der Waals surface area contributed by atoms with Crippen molar-refractivity contribution in [3.63, 3.8) is 0 Å². The lowest BCUT2D eigenvalue weighted by Crippen LogP contribution is -2.34. The van der Waals surface area contributed by atoms with Gasteiger partial charge >= 0.3 is 0 Å². The average Bonchev–Trinajstić information content (AvgIpc) is 3.27. The zero-order chi connectivity index (χ0) is 19.4. The lowest BCUT2D eigenvalue weighted by molar-refractivity contribution is -0.134. The molecule has 1 atom stereocenters. The molecule has 0 saturated heterocycles. The van der Waals surface area contributed by atoms with Gasteiger partial charge in [0.25, 0.3) is 0 Å². The van der Waals surface area contributed by atoms with Gasteiger partial charge in [0.15, 0.2) is 0 Å². The quantitative estimate of drug-likeness (QED) is 0.608. The number of carbonyl (C=O) groups is 1. The summed E-state index contributed by atoms with van der Waals surface area (Å²) in [5.41, 5.74) is 3.04. The first kappa shape index (κ1) is 19.1. The van der Waals surface area contributed by atoms with Gasteiger partial charge in [0.1, 0.15) is 11.9 Å². The first-order valence-electron chi connectivity index (χ1n) is 9.81. The van der Waals surface area contributed by atoms with Gasteiger partial charge in [-0.1, -0.05) is 26.0 Å². The number of benzene rings is 1. The van der Waals surface area contributed by atoms with Crippen molar-refractivity contribution in [1.29, 1.82) is 0 Å². The third-order valence-electron chi connectivity index (χ3n) is 4.93. The van der Waals surface area contributed by atoms with Crippen molar-refractivity contribution in [3.8, 4) is 0 Å². The van der Waals surface area contributed by atoms with E-state index in [1.54, 1.807) is 4.90 Å². The van der Waals surface area contributed by atoms with Crippen LogP contribution in [0.4, 0.5) is 0 Å². The molecular weight excluding hydrogens is 338 g/mol. The second-order valence-corrected chi connectivity index (χ2v) is 6.96. The highest BCUT2D eigenvalue weighted by atomic mass is 16.2. The number of fused-ring (bicyclic) bond motifs is 1. The first-order valence-corrected chi connectivity index (χ1v) is 9.81. The third kappa shape index (κ3) is 3.89. The number of likely N-dealkylation sites (N-methyl/N-ethyl adjacent to an activating group) is 1. The summed E-state index contributed by atoms with van der Waals surface area (Å²) in [5, 5.41) is 4.30. The molecule has 0 aliphatic heterocycles. The summed E-state index contributed by atoms with van der Waals surface area (Å²) in [4.78, 5) is 19.9. The lowest BCUT2D eigenvalue weighted by atomic mass is 10.1. The van der Waals surface area contributed by atoms with Gasteiger partial charge in [-0.2, -0.15) is 5.10 Å². The van der Waals surface area contributed by atoms with E-state index in [0.717, 1.165) is 48.2 Å². The predicted octanol–water partition coefficient (Wildman–Crippen LogP) is 3.81. The van der Waals surface area contributed by atoms with E-state index in [-0.39, 0.29) is 11.9 Å². The minimum absolute atomic E-state index is 0.113. The van der Waals surface area contributed by atoms with Crippen LogP contribution < -0.4 is 0 Å². The van der Waals surface area contributed by atoms with E-state index in [1.807, 2.05) is 42.3 Å². The normalized spacial score (nSPS) is 12.4. The number of hydrogen-bond acceptors (Lipinski definition) is 3. The molecule has 2 aromatic heterocycles. The predicted molar refractivity (Wildman–Crippen MR) is 107 cm³/mol. The number of hydrogen-bond donors (Lipinski definition) is 0. The molecule has 0 aliphatic carbocycles. The summed E-state index contributed by atoms with van der Waals surface area (Å²) in [7, 11) is 1.87. The molecule has 3 rings (SSSR count). The highest BCUT2D eigenvalue weighted by Crippen LogP contribution is 2.26. The maximum Gasteiger partial charge on any atom is 0.245 e. The molecule has 6 heteroatoms. The number of para-hydroxylation sites is 2. The number of amides is 1.